The Labute approximate surface area is 162 Å². The number of hydrogen-bond donors (Lipinski definition) is 2. The van der Waals surface area contributed by atoms with Crippen LogP contribution in [0.2, 0.25) is 0 Å². The number of hydrogen-bond acceptors (Lipinski definition) is 6. The monoisotopic (exact) mass is 377 g/mol. The van der Waals surface area contributed by atoms with Crippen molar-refractivity contribution in [2.45, 2.75) is 13.0 Å². The number of methoxy groups -OCH3 is 1. The Balaban J connectivity index is 1.72. The summed E-state index contributed by atoms with van der Waals surface area (Å²) in [6.45, 7) is 2.11. The van der Waals surface area contributed by atoms with Crippen LogP contribution < -0.4 is 15.8 Å². The van der Waals surface area contributed by atoms with Crippen LogP contribution in [0.5, 0.6) is 5.75 Å². The van der Waals surface area contributed by atoms with Crippen LogP contribution in [-0.4, -0.2) is 44.7 Å². The molecule has 3 N–H and O–H groups in total. The van der Waals surface area contributed by atoms with Gasteiger partial charge in [0, 0.05) is 11.9 Å². The molecule has 0 saturated carbocycles. The van der Waals surface area contributed by atoms with Crippen molar-refractivity contribution >= 4 is 16.6 Å². The summed E-state index contributed by atoms with van der Waals surface area (Å²) in [6, 6.07) is 12.2. The second kappa shape index (κ2) is 8.10. The van der Waals surface area contributed by atoms with Crippen LogP contribution in [0.1, 0.15) is 12.0 Å². The third-order valence-electron chi connectivity index (χ3n) is 4.62. The number of anilines is 1. The molecular weight excluding hydrogens is 354 g/mol. The van der Waals surface area contributed by atoms with Crippen LogP contribution >= 0.6 is 0 Å². The Morgan fingerprint density at radius 1 is 1.11 bits per heavy atom. The van der Waals surface area contributed by atoms with Gasteiger partial charge in [-0.05, 0) is 42.8 Å². The summed E-state index contributed by atoms with van der Waals surface area (Å²) >= 11 is 0. The van der Waals surface area contributed by atoms with Crippen LogP contribution in [0.3, 0.4) is 0 Å². The molecule has 8 nitrogen and oxygen atoms in total. The van der Waals surface area contributed by atoms with Crippen LogP contribution in [0.15, 0.2) is 55.2 Å². The lowest BCUT2D eigenvalue weighted by atomic mass is 10.1. The summed E-state index contributed by atoms with van der Waals surface area (Å²) in [4.78, 5) is 0. The molecule has 0 amide bonds. The van der Waals surface area contributed by atoms with Crippen molar-refractivity contribution in [3.63, 3.8) is 0 Å². The molecule has 0 atom stereocenters. The van der Waals surface area contributed by atoms with Crippen molar-refractivity contribution in [3.05, 3.63) is 60.8 Å². The Hall–Kier alpha value is -3.39. The maximum Gasteiger partial charge on any atom is 0.123 e. The maximum atomic E-state index is 5.66. The van der Waals surface area contributed by atoms with Crippen LogP contribution in [0.25, 0.3) is 16.6 Å². The van der Waals surface area contributed by atoms with E-state index in [4.69, 9.17) is 10.5 Å². The molecule has 0 saturated heterocycles. The second-order valence-corrected chi connectivity index (χ2v) is 6.52. The Morgan fingerprint density at radius 2 is 1.89 bits per heavy atom. The Morgan fingerprint density at radius 3 is 2.61 bits per heavy atom. The summed E-state index contributed by atoms with van der Waals surface area (Å²) in [5, 5.41) is 17.0. The highest BCUT2D eigenvalue weighted by Crippen LogP contribution is 2.28. The molecule has 4 aromatic rings. The number of nitrogens with zero attached hydrogens (tertiary/aromatic N) is 5. The van der Waals surface area contributed by atoms with E-state index in [1.165, 1.54) is 0 Å². The molecular formula is C20H23N7O. The highest BCUT2D eigenvalue weighted by molar-refractivity contribution is 5.93. The maximum absolute atomic E-state index is 5.66. The molecule has 28 heavy (non-hydrogen) atoms. The summed E-state index contributed by atoms with van der Waals surface area (Å²) in [7, 11) is 1.67. The lowest BCUT2D eigenvalue weighted by Crippen LogP contribution is -2.10. The molecule has 4 rings (SSSR count). The van der Waals surface area contributed by atoms with E-state index < -0.39 is 0 Å². The van der Waals surface area contributed by atoms with Crippen LogP contribution in [0.4, 0.5) is 5.69 Å². The molecule has 8 heteroatoms. The molecule has 0 bridgehead atoms. The summed E-state index contributed by atoms with van der Waals surface area (Å²) in [5.74, 6) is 0.844. The second-order valence-electron chi connectivity index (χ2n) is 6.52. The fourth-order valence-electron chi connectivity index (χ4n) is 3.18. The first-order chi connectivity index (χ1) is 13.8. The van der Waals surface area contributed by atoms with Gasteiger partial charge in [0.25, 0.3) is 0 Å². The van der Waals surface area contributed by atoms with Crippen molar-refractivity contribution in [1.82, 2.24) is 24.5 Å². The molecule has 0 aliphatic heterocycles. The van der Waals surface area contributed by atoms with Crippen LogP contribution in [-0.2, 0) is 6.54 Å². The summed E-state index contributed by atoms with van der Waals surface area (Å²) < 4.78 is 9.14. The molecule has 0 radical (unpaired) electrons. The molecule has 2 aromatic carbocycles. The first kappa shape index (κ1) is 18.0. The van der Waals surface area contributed by atoms with E-state index in [9.17, 15) is 0 Å². The molecule has 2 heterocycles. The number of rotatable bonds is 8. The molecule has 0 spiro atoms. The SMILES string of the molecule is COc1ccc(Cn2ncc3cc(-n4cnnc4)cc(NCCCN)c32)cc1. The van der Waals surface area contributed by atoms with E-state index in [2.05, 4.69) is 44.9 Å². The number of benzene rings is 2. The van der Waals surface area contributed by atoms with E-state index in [0.717, 1.165) is 46.6 Å². The molecule has 0 aliphatic carbocycles. The standard InChI is InChI=1S/C20H23N7O/c1-28-18-5-3-15(4-6-18)12-27-20-16(11-25-27)9-17(26-13-23-24-14-26)10-19(20)22-8-2-7-21/h3-6,9-11,13-14,22H,2,7-8,12,21H2,1H3. The van der Waals surface area contributed by atoms with Gasteiger partial charge in [-0.2, -0.15) is 5.10 Å². The van der Waals surface area contributed by atoms with Crippen molar-refractivity contribution < 1.29 is 4.74 Å². The lowest BCUT2D eigenvalue weighted by Gasteiger charge is -2.13. The largest absolute Gasteiger partial charge is 0.497 e. The quantitative estimate of drug-likeness (QED) is 0.458. The third kappa shape index (κ3) is 3.67. The van der Waals surface area contributed by atoms with Crippen LogP contribution in [0, 0.1) is 0 Å². The van der Waals surface area contributed by atoms with Gasteiger partial charge in [-0.3, -0.25) is 9.25 Å². The molecule has 2 aromatic heterocycles. The first-order valence-corrected chi connectivity index (χ1v) is 9.20. The van der Waals surface area contributed by atoms with Gasteiger partial charge >= 0.3 is 0 Å². The van der Waals surface area contributed by atoms with Crippen molar-refractivity contribution in [1.29, 1.82) is 0 Å². The summed E-state index contributed by atoms with van der Waals surface area (Å²) in [6.07, 6.45) is 6.16. The van der Waals surface area contributed by atoms with Gasteiger partial charge in [0.15, 0.2) is 0 Å². The molecule has 0 fully saturated rings. The third-order valence-corrected chi connectivity index (χ3v) is 4.62. The fraction of sp³-hybridized carbons (Fsp3) is 0.250. The van der Waals surface area contributed by atoms with E-state index >= 15 is 0 Å². The molecule has 0 unspecified atom stereocenters. The normalized spacial score (nSPS) is 11.1. The first-order valence-electron chi connectivity index (χ1n) is 9.20. The van der Waals surface area contributed by atoms with E-state index in [1.54, 1.807) is 19.8 Å². The van der Waals surface area contributed by atoms with E-state index in [-0.39, 0.29) is 0 Å². The molecule has 0 aliphatic rings. The van der Waals surface area contributed by atoms with Crippen molar-refractivity contribution in [2.24, 2.45) is 5.73 Å². The van der Waals surface area contributed by atoms with Gasteiger partial charge in [0.05, 0.1) is 36.7 Å². The minimum atomic E-state index is 0.645. The van der Waals surface area contributed by atoms with E-state index in [1.807, 2.05) is 27.6 Å². The van der Waals surface area contributed by atoms with Gasteiger partial charge in [-0.25, -0.2) is 0 Å². The predicted molar refractivity (Wildman–Crippen MR) is 109 cm³/mol. The minimum absolute atomic E-state index is 0.645. The average Bonchev–Trinajstić information content (AvgIpc) is 3.39. The van der Waals surface area contributed by atoms with Gasteiger partial charge in [-0.15, -0.1) is 10.2 Å². The number of ether oxygens (including phenoxy) is 1. The van der Waals surface area contributed by atoms with Gasteiger partial charge in [-0.1, -0.05) is 12.1 Å². The topological polar surface area (TPSA) is 95.8 Å². The molecule has 144 valence electrons. The number of nitrogens with two attached hydrogens (primary N) is 1. The average molecular weight is 377 g/mol. The zero-order valence-electron chi connectivity index (χ0n) is 15.7. The van der Waals surface area contributed by atoms with Gasteiger partial charge in [0.2, 0.25) is 0 Å². The zero-order valence-corrected chi connectivity index (χ0v) is 15.7. The Kier molecular flexibility index (Phi) is 5.20. The van der Waals surface area contributed by atoms with Gasteiger partial charge < -0.3 is 15.8 Å². The van der Waals surface area contributed by atoms with Gasteiger partial charge in [0.1, 0.15) is 18.4 Å². The predicted octanol–water partition coefficient (Wildman–Crippen LogP) is 2.43. The number of aromatic nitrogens is 5. The number of nitrogens with one attached hydrogen (secondary N) is 1. The number of fused-ring (bicyclic) bond motifs is 1. The smallest absolute Gasteiger partial charge is 0.123 e. The Bertz CT molecular complexity index is 1040. The zero-order chi connectivity index (χ0) is 19.3. The highest BCUT2D eigenvalue weighted by atomic mass is 16.5. The van der Waals surface area contributed by atoms with E-state index in [0.29, 0.717) is 13.1 Å². The highest BCUT2D eigenvalue weighted by Gasteiger charge is 2.12. The fourth-order valence-corrected chi connectivity index (χ4v) is 3.18. The van der Waals surface area contributed by atoms with Crippen molar-refractivity contribution in [2.75, 3.05) is 25.5 Å². The lowest BCUT2D eigenvalue weighted by molar-refractivity contribution is 0.414. The summed E-state index contributed by atoms with van der Waals surface area (Å²) in [5.41, 5.74) is 9.87. The van der Waals surface area contributed by atoms with Crippen molar-refractivity contribution in [3.8, 4) is 11.4 Å². The minimum Gasteiger partial charge on any atom is -0.497 e.